The van der Waals surface area contributed by atoms with Gasteiger partial charge >= 0.3 is 6.18 Å². The summed E-state index contributed by atoms with van der Waals surface area (Å²) < 4.78 is 40.0. The maximum Gasteiger partial charge on any atom is 0.416 e. The molecule has 0 radical (unpaired) electrons. The molecule has 1 N–H and O–H groups in total. The zero-order valence-electron chi connectivity index (χ0n) is 13.8. The highest BCUT2D eigenvalue weighted by Crippen LogP contribution is 2.39. The number of amides is 1. The molecule has 0 bridgehead atoms. The van der Waals surface area contributed by atoms with Crippen LogP contribution in [0.1, 0.15) is 29.0 Å². The van der Waals surface area contributed by atoms with Crippen LogP contribution in [0, 0.1) is 0 Å². The molecule has 1 aliphatic heterocycles. The zero-order valence-corrected chi connectivity index (χ0v) is 14.6. The molecule has 0 spiro atoms. The van der Waals surface area contributed by atoms with Crippen LogP contribution in [-0.4, -0.2) is 15.7 Å². The molecule has 4 nitrogen and oxygen atoms in total. The quantitative estimate of drug-likeness (QED) is 0.666. The summed E-state index contributed by atoms with van der Waals surface area (Å²) >= 11 is 6.03. The number of alkyl halides is 3. The van der Waals surface area contributed by atoms with Crippen LogP contribution in [0.3, 0.4) is 0 Å². The normalized spacial score (nSPS) is 16.7. The van der Waals surface area contributed by atoms with Crippen molar-refractivity contribution in [1.29, 1.82) is 0 Å². The number of anilines is 1. The van der Waals surface area contributed by atoms with E-state index >= 15 is 0 Å². The van der Waals surface area contributed by atoms with Gasteiger partial charge < -0.3 is 5.32 Å². The molecule has 1 atom stereocenters. The first-order valence-corrected chi connectivity index (χ1v) is 8.51. The van der Waals surface area contributed by atoms with Crippen molar-refractivity contribution in [2.24, 2.45) is 0 Å². The van der Waals surface area contributed by atoms with Gasteiger partial charge in [-0.25, -0.2) is 4.68 Å². The summed E-state index contributed by atoms with van der Waals surface area (Å²) in [5, 5.41) is 7.67. The van der Waals surface area contributed by atoms with Crippen LogP contribution < -0.4 is 5.32 Å². The molecule has 2 heterocycles. The number of nitrogens with one attached hydrogen (secondary N) is 1. The number of hydrogen-bond donors (Lipinski definition) is 1. The van der Waals surface area contributed by atoms with Crippen LogP contribution in [0.25, 0.3) is 5.69 Å². The second-order valence-corrected chi connectivity index (χ2v) is 6.70. The standard InChI is InChI=1S/C19H13ClF3N3O/c20-13-2-1-3-14(8-13)26-18-16(10-24-26)15(9-17(27)25-18)11-4-6-12(7-5-11)19(21,22)23/h1-8,10,15H,9H2,(H,25,27). The number of carbonyl (C=O) groups is 1. The van der Waals surface area contributed by atoms with Gasteiger partial charge in [0, 0.05) is 22.9 Å². The average molecular weight is 392 g/mol. The molecule has 138 valence electrons. The Morgan fingerprint density at radius 1 is 1.15 bits per heavy atom. The van der Waals surface area contributed by atoms with Gasteiger partial charge in [0.1, 0.15) is 5.82 Å². The summed E-state index contributed by atoms with van der Waals surface area (Å²) in [7, 11) is 0. The van der Waals surface area contributed by atoms with Crippen LogP contribution in [0.4, 0.5) is 19.0 Å². The van der Waals surface area contributed by atoms with E-state index < -0.39 is 11.7 Å². The number of halogens is 4. The highest BCUT2D eigenvalue weighted by atomic mass is 35.5. The highest BCUT2D eigenvalue weighted by molar-refractivity contribution is 6.30. The third kappa shape index (κ3) is 3.30. The van der Waals surface area contributed by atoms with Crippen molar-refractivity contribution in [2.75, 3.05) is 5.32 Å². The van der Waals surface area contributed by atoms with E-state index in [0.29, 0.717) is 22.1 Å². The Bertz CT molecular complexity index is 1010. The molecule has 0 saturated heterocycles. The molecule has 1 aromatic heterocycles. The van der Waals surface area contributed by atoms with Gasteiger partial charge in [0.15, 0.2) is 0 Å². The van der Waals surface area contributed by atoms with Gasteiger partial charge in [0.2, 0.25) is 5.91 Å². The van der Waals surface area contributed by atoms with Gasteiger partial charge in [-0.05, 0) is 35.9 Å². The molecule has 8 heteroatoms. The molecule has 2 aromatic carbocycles. The molecule has 1 amide bonds. The van der Waals surface area contributed by atoms with E-state index in [1.807, 2.05) is 0 Å². The number of hydrogen-bond acceptors (Lipinski definition) is 2. The van der Waals surface area contributed by atoms with Crippen molar-refractivity contribution in [3.8, 4) is 5.69 Å². The van der Waals surface area contributed by atoms with Crippen LogP contribution in [-0.2, 0) is 11.0 Å². The number of carbonyl (C=O) groups excluding carboxylic acids is 1. The fraction of sp³-hybridized carbons (Fsp3) is 0.158. The maximum atomic E-state index is 12.8. The van der Waals surface area contributed by atoms with Gasteiger partial charge in [0.05, 0.1) is 17.4 Å². The highest BCUT2D eigenvalue weighted by Gasteiger charge is 2.33. The van der Waals surface area contributed by atoms with Crippen molar-refractivity contribution >= 4 is 23.3 Å². The topological polar surface area (TPSA) is 46.9 Å². The van der Waals surface area contributed by atoms with Gasteiger partial charge in [-0.1, -0.05) is 29.8 Å². The third-order valence-electron chi connectivity index (χ3n) is 4.51. The Hall–Kier alpha value is -2.80. The molecule has 1 aliphatic rings. The second kappa shape index (κ2) is 6.42. The minimum absolute atomic E-state index is 0.138. The van der Waals surface area contributed by atoms with Crippen molar-refractivity contribution < 1.29 is 18.0 Å². The summed E-state index contributed by atoms with van der Waals surface area (Å²) in [5.74, 6) is -0.0986. The number of nitrogens with zero attached hydrogens (tertiary/aromatic N) is 2. The fourth-order valence-corrected chi connectivity index (χ4v) is 3.41. The monoisotopic (exact) mass is 391 g/mol. The number of aromatic nitrogens is 2. The van der Waals surface area contributed by atoms with Crippen LogP contribution >= 0.6 is 11.6 Å². The van der Waals surface area contributed by atoms with E-state index in [4.69, 9.17) is 11.6 Å². The van der Waals surface area contributed by atoms with Gasteiger partial charge in [-0.3, -0.25) is 4.79 Å². The van der Waals surface area contributed by atoms with Crippen molar-refractivity contribution in [3.05, 3.63) is 76.4 Å². The SMILES string of the molecule is O=C1CC(c2ccc(C(F)(F)F)cc2)c2cnn(-c3cccc(Cl)c3)c2N1. The minimum Gasteiger partial charge on any atom is -0.310 e. The Morgan fingerprint density at radius 3 is 2.56 bits per heavy atom. The molecular formula is C19H13ClF3N3O. The molecule has 0 fully saturated rings. The van der Waals surface area contributed by atoms with E-state index in [9.17, 15) is 18.0 Å². The van der Waals surface area contributed by atoms with Gasteiger partial charge in [-0.2, -0.15) is 18.3 Å². The Morgan fingerprint density at radius 2 is 1.89 bits per heavy atom. The Kier molecular flexibility index (Phi) is 4.19. The smallest absolute Gasteiger partial charge is 0.310 e. The van der Waals surface area contributed by atoms with E-state index in [1.165, 1.54) is 12.1 Å². The summed E-state index contributed by atoms with van der Waals surface area (Å²) in [6.07, 6.45) is -2.64. The lowest BCUT2D eigenvalue weighted by Gasteiger charge is -2.24. The molecule has 4 rings (SSSR count). The molecule has 3 aromatic rings. The lowest BCUT2D eigenvalue weighted by atomic mass is 9.87. The number of benzene rings is 2. The zero-order chi connectivity index (χ0) is 19.2. The molecule has 0 saturated carbocycles. The average Bonchev–Trinajstić information content (AvgIpc) is 3.04. The van der Waals surface area contributed by atoms with Crippen LogP contribution in [0.2, 0.25) is 5.02 Å². The Labute approximate surface area is 157 Å². The molecular weight excluding hydrogens is 379 g/mol. The van der Waals surface area contributed by atoms with Gasteiger partial charge in [-0.15, -0.1) is 0 Å². The summed E-state index contributed by atoms with van der Waals surface area (Å²) in [5.41, 5.74) is 1.33. The van der Waals surface area contributed by atoms with E-state index in [1.54, 1.807) is 35.1 Å². The summed E-state index contributed by atoms with van der Waals surface area (Å²) in [6, 6.07) is 11.9. The number of fused-ring (bicyclic) bond motifs is 1. The first-order valence-electron chi connectivity index (χ1n) is 8.14. The van der Waals surface area contributed by atoms with Crippen molar-refractivity contribution in [3.63, 3.8) is 0 Å². The van der Waals surface area contributed by atoms with E-state index in [2.05, 4.69) is 10.4 Å². The number of rotatable bonds is 2. The molecule has 1 unspecified atom stereocenters. The first-order chi connectivity index (χ1) is 12.8. The largest absolute Gasteiger partial charge is 0.416 e. The van der Waals surface area contributed by atoms with Crippen molar-refractivity contribution in [1.82, 2.24) is 9.78 Å². The third-order valence-corrected chi connectivity index (χ3v) is 4.75. The van der Waals surface area contributed by atoms with Crippen LogP contribution in [0.5, 0.6) is 0 Å². The second-order valence-electron chi connectivity index (χ2n) is 6.26. The molecule has 27 heavy (non-hydrogen) atoms. The fourth-order valence-electron chi connectivity index (χ4n) is 3.23. The maximum absolute atomic E-state index is 12.8. The predicted octanol–water partition coefficient (Wildman–Crippen LogP) is 5.02. The van der Waals surface area contributed by atoms with E-state index in [-0.39, 0.29) is 18.2 Å². The van der Waals surface area contributed by atoms with Crippen LogP contribution in [0.15, 0.2) is 54.7 Å². The lowest BCUT2D eigenvalue weighted by molar-refractivity contribution is -0.137. The van der Waals surface area contributed by atoms with E-state index in [0.717, 1.165) is 17.7 Å². The molecule has 0 aliphatic carbocycles. The van der Waals surface area contributed by atoms with Gasteiger partial charge in [0.25, 0.3) is 0 Å². The predicted molar refractivity (Wildman–Crippen MR) is 95.1 cm³/mol. The minimum atomic E-state index is -4.40. The summed E-state index contributed by atoms with van der Waals surface area (Å²) in [6.45, 7) is 0. The first kappa shape index (κ1) is 17.6. The van der Waals surface area contributed by atoms with Crippen molar-refractivity contribution in [2.45, 2.75) is 18.5 Å². The lowest BCUT2D eigenvalue weighted by Crippen LogP contribution is -2.24. The summed E-state index contributed by atoms with van der Waals surface area (Å²) in [4.78, 5) is 12.2. The Balaban J connectivity index is 1.75.